The molecule has 0 aliphatic rings. The fourth-order valence-electron chi connectivity index (χ4n) is 0.614. The van der Waals surface area contributed by atoms with E-state index in [0.717, 1.165) is 6.42 Å². The smallest absolute Gasteiger partial charge is 0.140 e. The molecule has 54 valence electrons. The third-order valence-corrected chi connectivity index (χ3v) is 1.95. The molecule has 2 nitrogen and oxygen atoms in total. The van der Waals surface area contributed by atoms with Gasteiger partial charge in [-0.05, 0) is 12.3 Å². The van der Waals surface area contributed by atoms with E-state index in [1.54, 1.807) is 6.08 Å². The summed E-state index contributed by atoms with van der Waals surface area (Å²) in [6.45, 7) is 5.41. The Kier molecular flexibility index (Phi) is 4.40. The van der Waals surface area contributed by atoms with Gasteiger partial charge in [-0.15, -0.1) is 6.58 Å². The second kappa shape index (κ2) is 4.56. The minimum Gasteiger partial charge on any atom is -0.232 e. The van der Waals surface area contributed by atoms with Gasteiger partial charge in [-0.3, -0.25) is 0 Å². The van der Waals surface area contributed by atoms with E-state index in [-0.39, 0.29) is 11.7 Å². The van der Waals surface area contributed by atoms with Crippen molar-refractivity contribution in [2.75, 3.05) is 5.75 Å². The van der Waals surface area contributed by atoms with Crippen LogP contribution >= 0.6 is 0 Å². The number of hydrogen-bond donors (Lipinski definition) is 1. The van der Waals surface area contributed by atoms with Crippen molar-refractivity contribution in [3.8, 4) is 0 Å². The lowest BCUT2D eigenvalue weighted by molar-refractivity contribution is 0.591. The molecule has 0 N–H and O–H groups in total. The minimum absolute atomic E-state index is 0.226. The molecular weight excluding hydrogens is 136 g/mol. The molecule has 9 heavy (non-hydrogen) atoms. The van der Waals surface area contributed by atoms with Crippen LogP contribution in [-0.4, -0.2) is 14.2 Å². The second-order valence-corrected chi connectivity index (χ2v) is 3.18. The molecule has 0 aliphatic carbocycles. The fraction of sp³-hybridized carbons (Fsp3) is 0.667. The van der Waals surface area contributed by atoms with E-state index in [9.17, 15) is 8.42 Å². The first kappa shape index (κ1) is 8.69. The normalized spacial score (nSPS) is 13.6. The number of thiol groups is 1. The SMILES string of the molecule is C=CC[C@H](C)C[SH](=O)=O. The largest absolute Gasteiger partial charge is 0.232 e. The maximum absolute atomic E-state index is 10.1. The first-order valence-electron chi connectivity index (χ1n) is 2.89. The van der Waals surface area contributed by atoms with E-state index in [2.05, 4.69) is 6.58 Å². The maximum Gasteiger partial charge on any atom is 0.140 e. The summed E-state index contributed by atoms with van der Waals surface area (Å²) in [6, 6.07) is 0. The molecule has 0 heterocycles. The van der Waals surface area contributed by atoms with Crippen molar-refractivity contribution in [1.82, 2.24) is 0 Å². The lowest BCUT2D eigenvalue weighted by atomic mass is 10.1. The van der Waals surface area contributed by atoms with Crippen LogP contribution in [0.15, 0.2) is 12.7 Å². The van der Waals surface area contributed by atoms with Crippen LogP contribution < -0.4 is 0 Å². The zero-order chi connectivity index (χ0) is 7.28. The van der Waals surface area contributed by atoms with Crippen LogP contribution in [0.3, 0.4) is 0 Å². The summed E-state index contributed by atoms with van der Waals surface area (Å²) in [4.78, 5) is 0. The van der Waals surface area contributed by atoms with Gasteiger partial charge >= 0.3 is 0 Å². The van der Waals surface area contributed by atoms with Crippen LogP contribution in [0.1, 0.15) is 13.3 Å². The van der Waals surface area contributed by atoms with Gasteiger partial charge in [0.25, 0.3) is 0 Å². The molecule has 0 saturated heterocycles. The summed E-state index contributed by atoms with van der Waals surface area (Å²) < 4.78 is 20.2. The molecule has 0 aliphatic heterocycles. The summed E-state index contributed by atoms with van der Waals surface area (Å²) in [5.74, 6) is 0.505. The van der Waals surface area contributed by atoms with E-state index in [4.69, 9.17) is 0 Å². The van der Waals surface area contributed by atoms with Crippen molar-refractivity contribution in [3.05, 3.63) is 12.7 Å². The fourth-order valence-corrected chi connectivity index (χ4v) is 1.27. The van der Waals surface area contributed by atoms with Crippen molar-refractivity contribution < 1.29 is 8.42 Å². The molecule has 1 atom stereocenters. The van der Waals surface area contributed by atoms with Crippen LogP contribution in [0.4, 0.5) is 0 Å². The van der Waals surface area contributed by atoms with Crippen LogP contribution in [0.2, 0.25) is 0 Å². The monoisotopic (exact) mass is 148 g/mol. The minimum atomic E-state index is -2.20. The molecular formula is C6H12O2S. The Hall–Kier alpha value is -0.310. The maximum atomic E-state index is 10.1. The molecule has 0 rings (SSSR count). The number of allylic oxidation sites excluding steroid dienone is 1. The molecule has 3 heteroatoms. The van der Waals surface area contributed by atoms with E-state index < -0.39 is 10.7 Å². The highest BCUT2D eigenvalue weighted by Crippen LogP contribution is 2.00. The van der Waals surface area contributed by atoms with Crippen LogP contribution in [0, 0.1) is 5.92 Å². The zero-order valence-electron chi connectivity index (χ0n) is 5.54. The van der Waals surface area contributed by atoms with E-state index in [1.807, 2.05) is 6.92 Å². The lowest BCUT2D eigenvalue weighted by Gasteiger charge is -1.99. The molecule has 0 spiro atoms. The van der Waals surface area contributed by atoms with Gasteiger partial charge in [-0.25, -0.2) is 8.42 Å². The molecule has 0 amide bonds. The van der Waals surface area contributed by atoms with Crippen molar-refractivity contribution >= 4 is 10.7 Å². The Morgan fingerprint density at radius 2 is 2.22 bits per heavy atom. The van der Waals surface area contributed by atoms with Gasteiger partial charge in [-0.1, -0.05) is 13.0 Å². The van der Waals surface area contributed by atoms with Gasteiger partial charge in [0, 0.05) is 0 Å². The van der Waals surface area contributed by atoms with Crippen LogP contribution in [-0.2, 0) is 10.7 Å². The molecule has 0 saturated carbocycles. The lowest BCUT2D eigenvalue weighted by Crippen LogP contribution is -2.00. The van der Waals surface area contributed by atoms with Gasteiger partial charge in [0.15, 0.2) is 0 Å². The molecule has 0 fully saturated rings. The third kappa shape index (κ3) is 5.56. The quantitative estimate of drug-likeness (QED) is 0.473. The number of rotatable bonds is 4. The van der Waals surface area contributed by atoms with Crippen molar-refractivity contribution in [3.63, 3.8) is 0 Å². The Morgan fingerprint density at radius 3 is 2.56 bits per heavy atom. The van der Waals surface area contributed by atoms with Crippen molar-refractivity contribution in [2.24, 2.45) is 5.92 Å². The summed E-state index contributed by atoms with van der Waals surface area (Å²) in [5, 5.41) is 0. The predicted molar refractivity (Wildman–Crippen MR) is 39.2 cm³/mol. The van der Waals surface area contributed by atoms with Gasteiger partial charge in [0.05, 0.1) is 5.75 Å². The summed E-state index contributed by atoms with van der Waals surface area (Å²) in [5.41, 5.74) is 0. The van der Waals surface area contributed by atoms with Gasteiger partial charge in [0.1, 0.15) is 10.7 Å². The van der Waals surface area contributed by atoms with E-state index in [0.29, 0.717) is 0 Å². The topological polar surface area (TPSA) is 34.1 Å². The predicted octanol–water partition coefficient (Wildman–Crippen LogP) is 0.810. The Bertz CT molecular complexity index is 141. The first-order chi connectivity index (χ1) is 4.16. The first-order valence-corrected chi connectivity index (χ1v) is 4.25. The highest BCUT2D eigenvalue weighted by atomic mass is 32.2. The summed E-state index contributed by atoms with van der Waals surface area (Å²) >= 11 is 0. The van der Waals surface area contributed by atoms with Gasteiger partial charge in [-0.2, -0.15) is 0 Å². The molecule has 0 aromatic rings. The Morgan fingerprint density at radius 1 is 1.67 bits per heavy atom. The number of hydrogen-bond acceptors (Lipinski definition) is 2. The molecule has 0 aromatic heterocycles. The van der Waals surface area contributed by atoms with E-state index >= 15 is 0 Å². The Balaban J connectivity index is 3.49. The molecule has 0 bridgehead atoms. The highest BCUT2D eigenvalue weighted by Gasteiger charge is 1.98. The van der Waals surface area contributed by atoms with Crippen molar-refractivity contribution in [2.45, 2.75) is 13.3 Å². The average molecular weight is 148 g/mol. The third-order valence-electron chi connectivity index (χ3n) is 1.03. The van der Waals surface area contributed by atoms with Crippen LogP contribution in [0.25, 0.3) is 0 Å². The summed E-state index contributed by atoms with van der Waals surface area (Å²) in [6.07, 6.45) is 2.52. The van der Waals surface area contributed by atoms with Gasteiger partial charge < -0.3 is 0 Å². The zero-order valence-corrected chi connectivity index (χ0v) is 6.43. The second-order valence-electron chi connectivity index (χ2n) is 2.14. The Labute approximate surface area is 57.5 Å². The molecule has 0 radical (unpaired) electrons. The summed E-state index contributed by atoms with van der Waals surface area (Å²) in [7, 11) is -2.20. The highest BCUT2D eigenvalue weighted by molar-refractivity contribution is 7.72. The van der Waals surface area contributed by atoms with Crippen molar-refractivity contribution in [1.29, 1.82) is 0 Å². The molecule has 0 aromatic carbocycles. The average Bonchev–Trinajstić information content (AvgIpc) is 1.63. The molecule has 0 unspecified atom stereocenters. The van der Waals surface area contributed by atoms with Gasteiger partial charge in [0.2, 0.25) is 0 Å². The standard InChI is InChI=1S/C6H12O2S/c1-3-4-6(2)5-9(7)8/h3,6,9H,1,4-5H2,2H3/t6-/m0/s1. The van der Waals surface area contributed by atoms with E-state index in [1.165, 1.54) is 0 Å². The van der Waals surface area contributed by atoms with Crippen LogP contribution in [0.5, 0.6) is 0 Å².